The van der Waals surface area contributed by atoms with Gasteiger partial charge in [-0.2, -0.15) is 0 Å². The Morgan fingerprint density at radius 1 is 1.36 bits per heavy atom. The highest BCUT2D eigenvalue weighted by Gasteiger charge is 2.26. The standard InChI is InChI=1S/C16H22FNO3.ClH/c1-2-20-16(19)13-4-3-9-18(12-13)10-11-21-15-7-5-14(17)6-8-15;/h5-8,13H,2-4,9-12H2,1H3;1H. The first kappa shape index (κ1) is 18.7. The van der Waals surface area contributed by atoms with E-state index in [1.54, 1.807) is 12.1 Å². The maximum absolute atomic E-state index is 12.8. The summed E-state index contributed by atoms with van der Waals surface area (Å²) < 4.78 is 23.4. The maximum Gasteiger partial charge on any atom is 0.310 e. The Balaban J connectivity index is 0.00000242. The van der Waals surface area contributed by atoms with Crippen LogP contribution in [0.4, 0.5) is 4.39 Å². The molecule has 1 heterocycles. The average molecular weight is 332 g/mol. The van der Waals surface area contributed by atoms with Crippen LogP contribution in [0, 0.1) is 11.7 Å². The SMILES string of the molecule is CCOC(=O)C1CCCN(CCOc2ccc(F)cc2)C1.Cl. The van der Waals surface area contributed by atoms with E-state index in [4.69, 9.17) is 9.47 Å². The number of benzene rings is 1. The summed E-state index contributed by atoms with van der Waals surface area (Å²) in [7, 11) is 0. The van der Waals surface area contributed by atoms with E-state index in [0.717, 1.165) is 32.5 Å². The van der Waals surface area contributed by atoms with E-state index in [1.807, 2.05) is 6.92 Å². The van der Waals surface area contributed by atoms with Gasteiger partial charge in [0, 0.05) is 13.1 Å². The van der Waals surface area contributed by atoms with Gasteiger partial charge in [0.1, 0.15) is 18.2 Å². The lowest BCUT2D eigenvalue weighted by atomic mass is 9.98. The van der Waals surface area contributed by atoms with Crippen molar-refractivity contribution in [1.29, 1.82) is 0 Å². The number of piperidine rings is 1. The van der Waals surface area contributed by atoms with Gasteiger partial charge in [-0.1, -0.05) is 0 Å². The van der Waals surface area contributed by atoms with E-state index in [1.165, 1.54) is 12.1 Å². The highest BCUT2D eigenvalue weighted by atomic mass is 35.5. The van der Waals surface area contributed by atoms with Crippen molar-refractivity contribution < 1.29 is 18.7 Å². The number of nitrogens with zero attached hydrogens (tertiary/aromatic N) is 1. The summed E-state index contributed by atoms with van der Waals surface area (Å²) >= 11 is 0. The Kier molecular flexibility index (Phi) is 8.20. The van der Waals surface area contributed by atoms with Crippen molar-refractivity contribution >= 4 is 18.4 Å². The topological polar surface area (TPSA) is 38.8 Å². The van der Waals surface area contributed by atoms with Crippen molar-refractivity contribution in [3.05, 3.63) is 30.1 Å². The summed E-state index contributed by atoms with van der Waals surface area (Å²) in [5.74, 6) is 0.275. The van der Waals surface area contributed by atoms with Crippen LogP contribution in [-0.4, -0.2) is 43.7 Å². The number of likely N-dealkylation sites (tertiary alicyclic amines) is 1. The Bertz CT molecular complexity index is 455. The molecule has 22 heavy (non-hydrogen) atoms. The molecule has 1 aromatic rings. The van der Waals surface area contributed by atoms with Crippen molar-refractivity contribution in [2.24, 2.45) is 5.92 Å². The molecule has 0 aliphatic carbocycles. The summed E-state index contributed by atoms with van der Waals surface area (Å²) in [5.41, 5.74) is 0. The molecular formula is C16H23ClFNO3. The summed E-state index contributed by atoms with van der Waals surface area (Å²) in [5, 5.41) is 0. The van der Waals surface area contributed by atoms with E-state index in [0.29, 0.717) is 19.0 Å². The molecule has 0 saturated carbocycles. The molecule has 1 atom stereocenters. The van der Waals surface area contributed by atoms with Gasteiger partial charge in [0.25, 0.3) is 0 Å². The predicted molar refractivity (Wildman–Crippen MR) is 84.9 cm³/mol. The largest absolute Gasteiger partial charge is 0.492 e. The normalized spacial score (nSPS) is 18.4. The molecule has 0 N–H and O–H groups in total. The molecule has 4 nitrogen and oxygen atoms in total. The van der Waals surface area contributed by atoms with Gasteiger partial charge in [-0.25, -0.2) is 4.39 Å². The lowest BCUT2D eigenvalue weighted by Crippen LogP contribution is -2.41. The summed E-state index contributed by atoms with van der Waals surface area (Å²) in [6, 6.07) is 6.00. The monoisotopic (exact) mass is 331 g/mol. The average Bonchev–Trinajstić information content (AvgIpc) is 2.50. The fraction of sp³-hybridized carbons (Fsp3) is 0.562. The fourth-order valence-corrected chi connectivity index (χ4v) is 2.53. The molecule has 0 aromatic heterocycles. The van der Waals surface area contributed by atoms with Gasteiger partial charge in [0.05, 0.1) is 12.5 Å². The first-order chi connectivity index (χ1) is 10.2. The second kappa shape index (κ2) is 9.64. The third-order valence-electron chi connectivity index (χ3n) is 3.62. The highest BCUT2D eigenvalue weighted by Crippen LogP contribution is 2.18. The Morgan fingerprint density at radius 3 is 2.77 bits per heavy atom. The van der Waals surface area contributed by atoms with Gasteiger partial charge in [-0.3, -0.25) is 9.69 Å². The first-order valence-electron chi connectivity index (χ1n) is 7.46. The fourth-order valence-electron chi connectivity index (χ4n) is 2.53. The number of hydrogen-bond donors (Lipinski definition) is 0. The van der Waals surface area contributed by atoms with Gasteiger partial charge in [-0.15, -0.1) is 12.4 Å². The van der Waals surface area contributed by atoms with Crippen LogP contribution in [0.1, 0.15) is 19.8 Å². The molecule has 1 fully saturated rings. The number of carbonyl (C=O) groups is 1. The van der Waals surface area contributed by atoms with Crippen LogP contribution in [0.25, 0.3) is 0 Å². The highest BCUT2D eigenvalue weighted by molar-refractivity contribution is 5.85. The first-order valence-corrected chi connectivity index (χ1v) is 7.46. The predicted octanol–water partition coefficient (Wildman–Crippen LogP) is 2.90. The molecule has 1 saturated heterocycles. The molecule has 2 rings (SSSR count). The maximum atomic E-state index is 12.8. The van der Waals surface area contributed by atoms with E-state index in [2.05, 4.69) is 4.90 Å². The third kappa shape index (κ3) is 5.81. The molecule has 0 amide bonds. The zero-order valence-electron chi connectivity index (χ0n) is 12.8. The second-order valence-corrected chi connectivity index (χ2v) is 5.19. The van der Waals surface area contributed by atoms with Crippen LogP contribution in [0.5, 0.6) is 5.75 Å². The van der Waals surface area contributed by atoms with Crippen molar-refractivity contribution in [2.45, 2.75) is 19.8 Å². The molecule has 1 aliphatic heterocycles. The molecular weight excluding hydrogens is 309 g/mol. The zero-order chi connectivity index (χ0) is 15.1. The Hall–Kier alpha value is -1.33. The number of carbonyl (C=O) groups excluding carboxylic acids is 1. The Labute approximate surface area is 137 Å². The molecule has 6 heteroatoms. The number of ether oxygens (including phenoxy) is 2. The number of hydrogen-bond acceptors (Lipinski definition) is 4. The van der Waals surface area contributed by atoms with Crippen LogP contribution in [0.2, 0.25) is 0 Å². The van der Waals surface area contributed by atoms with E-state index < -0.39 is 0 Å². The van der Waals surface area contributed by atoms with Crippen molar-refractivity contribution in [3.63, 3.8) is 0 Å². The third-order valence-corrected chi connectivity index (χ3v) is 3.62. The van der Waals surface area contributed by atoms with Gasteiger partial charge >= 0.3 is 5.97 Å². The molecule has 0 spiro atoms. The van der Waals surface area contributed by atoms with Gasteiger partial charge < -0.3 is 9.47 Å². The molecule has 0 radical (unpaired) electrons. The van der Waals surface area contributed by atoms with Gasteiger partial charge in [0.15, 0.2) is 0 Å². The number of halogens is 2. The van der Waals surface area contributed by atoms with Crippen molar-refractivity contribution in [1.82, 2.24) is 4.90 Å². The summed E-state index contributed by atoms with van der Waals surface area (Å²) in [6.07, 6.45) is 1.90. The Morgan fingerprint density at radius 2 is 2.09 bits per heavy atom. The van der Waals surface area contributed by atoms with Crippen LogP contribution in [0.3, 0.4) is 0 Å². The van der Waals surface area contributed by atoms with Gasteiger partial charge in [0.2, 0.25) is 0 Å². The quantitative estimate of drug-likeness (QED) is 0.751. The van der Waals surface area contributed by atoms with Crippen LogP contribution < -0.4 is 4.74 Å². The van der Waals surface area contributed by atoms with Crippen LogP contribution in [-0.2, 0) is 9.53 Å². The van der Waals surface area contributed by atoms with Crippen molar-refractivity contribution in [3.8, 4) is 5.75 Å². The number of esters is 1. The zero-order valence-corrected chi connectivity index (χ0v) is 13.6. The van der Waals surface area contributed by atoms with Crippen LogP contribution in [0.15, 0.2) is 24.3 Å². The second-order valence-electron chi connectivity index (χ2n) is 5.19. The van der Waals surface area contributed by atoms with E-state index >= 15 is 0 Å². The summed E-state index contributed by atoms with van der Waals surface area (Å²) in [6.45, 7) is 5.25. The van der Waals surface area contributed by atoms with Crippen LogP contribution >= 0.6 is 12.4 Å². The lowest BCUT2D eigenvalue weighted by Gasteiger charge is -2.31. The molecule has 124 valence electrons. The van der Waals surface area contributed by atoms with E-state index in [9.17, 15) is 9.18 Å². The molecule has 0 bridgehead atoms. The summed E-state index contributed by atoms with van der Waals surface area (Å²) in [4.78, 5) is 14.0. The minimum atomic E-state index is -0.268. The minimum absolute atomic E-state index is 0. The molecule has 1 unspecified atom stereocenters. The van der Waals surface area contributed by atoms with Gasteiger partial charge in [-0.05, 0) is 50.6 Å². The minimum Gasteiger partial charge on any atom is -0.492 e. The smallest absolute Gasteiger partial charge is 0.310 e. The molecule has 1 aromatic carbocycles. The lowest BCUT2D eigenvalue weighted by molar-refractivity contribution is -0.150. The van der Waals surface area contributed by atoms with E-state index in [-0.39, 0.29) is 30.1 Å². The van der Waals surface area contributed by atoms with Crippen molar-refractivity contribution in [2.75, 3.05) is 32.8 Å². The molecule has 1 aliphatic rings. The number of rotatable bonds is 6.